The summed E-state index contributed by atoms with van der Waals surface area (Å²) in [5.41, 5.74) is 0.406. The van der Waals surface area contributed by atoms with Gasteiger partial charge < -0.3 is 20.3 Å². The molecule has 0 bridgehead atoms. The maximum Gasteiger partial charge on any atom is 0.387 e. The number of likely N-dealkylation sites (N-methyl/N-ethyl adjacent to an activating group) is 1. The second kappa shape index (κ2) is 10.8. The normalized spacial score (nSPS) is 11.4. The molecule has 0 aliphatic heterocycles. The number of benzene rings is 1. The summed E-state index contributed by atoms with van der Waals surface area (Å²) in [6.07, 6.45) is 0. The van der Waals surface area contributed by atoms with Crippen LogP contribution in [-0.4, -0.2) is 44.0 Å². The number of thiophene rings is 1. The molecule has 2 aromatic rings. The molecule has 0 spiro atoms. The summed E-state index contributed by atoms with van der Waals surface area (Å²) < 4.78 is 29.7. The molecule has 0 atom stereocenters. The zero-order valence-corrected chi connectivity index (χ0v) is 17.0. The van der Waals surface area contributed by atoms with Gasteiger partial charge in [-0.3, -0.25) is 4.79 Å². The molecule has 1 aromatic carbocycles. The van der Waals surface area contributed by atoms with Crippen LogP contribution in [0.15, 0.2) is 40.7 Å². The number of rotatable bonds is 8. The second-order valence-electron chi connectivity index (χ2n) is 5.87. The van der Waals surface area contributed by atoms with Gasteiger partial charge in [-0.05, 0) is 29.6 Å². The average Bonchev–Trinajstić information content (AvgIpc) is 3.15. The van der Waals surface area contributed by atoms with E-state index in [0.29, 0.717) is 23.1 Å². The van der Waals surface area contributed by atoms with Crippen molar-refractivity contribution in [3.05, 3.63) is 51.2 Å². The molecule has 0 saturated heterocycles. The Labute approximate surface area is 171 Å². The van der Waals surface area contributed by atoms with Crippen LogP contribution >= 0.6 is 22.9 Å². The number of hydrogen-bond donors (Lipinski definition) is 2. The molecule has 0 fully saturated rings. The molecular formula is C18H21ClF2N4O2S. The summed E-state index contributed by atoms with van der Waals surface area (Å²) in [6, 6.07) is 8.26. The molecule has 0 saturated carbocycles. The van der Waals surface area contributed by atoms with E-state index in [0.717, 1.165) is 4.88 Å². The summed E-state index contributed by atoms with van der Waals surface area (Å²) in [7, 11) is 3.31. The smallest absolute Gasteiger partial charge is 0.387 e. The van der Waals surface area contributed by atoms with Crippen LogP contribution in [0.2, 0.25) is 5.02 Å². The average molecular weight is 431 g/mol. The van der Waals surface area contributed by atoms with Crippen molar-refractivity contribution in [2.24, 2.45) is 4.99 Å². The molecule has 1 aromatic heterocycles. The van der Waals surface area contributed by atoms with Crippen molar-refractivity contribution in [1.82, 2.24) is 15.5 Å². The van der Waals surface area contributed by atoms with E-state index in [1.54, 1.807) is 25.4 Å². The van der Waals surface area contributed by atoms with Crippen molar-refractivity contribution in [2.45, 2.75) is 19.7 Å². The maximum absolute atomic E-state index is 12.6. The van der Waals surface area contributed by atoms with E-state index in [-0.39, 0.29) is 24.7 Å². The third-order valence-corrected chi connectivity index (χ3v) is 4.67. The lowest BCUT2D eigenvalue weighted by Gasteiger charge is -2.15. The van der Waals surface area contributed by atoms with Crippen LogP contribution in [-0.2, 0) is 17.9 Å². The number of halogens is 3. The highest BCUT2D eigenvalue weighted by Crippen LogP contribution is 2.25. The molecule has 0 unspecified atom stereocenters. The Balaban J connectivity index is 2.13. The summed E-state index contributed by atoms with van der Waals surface area (Å²) in [5.74, 6) is 0.242. The van der Waals surface area contributed by atoms with Crippen molar-refractivity contribution in [3.63, 3.8) is 0 Å². The number of carbonyl (C=O) groups is 1. The minimum atomic E-state index is -2.95. The number of nitrogens with zero attached hydrogens (tertiary/aromatic N) is 2. The number of guanidine groups is 1. The van der Waals surface area contributed by atoms with Crippen molar-refractivity contribution in [3.8, 4) is 5.75 Å². The predicted molar refractivity (Wildman–Crippen MR) is 107 cm³/mol. The van der Waals surface area contributed by atoms with Gasteiger partial charge in [-0.2, -0.15) is 8.78 Å². The number of nitrogens with one attached hydrogen (secondary N) is 2. The monoisotopic (exact) mass is 430 g/mol. The van der Waals surface area contributed by atoms with E-state index in [1.807, 2.05) is 17.5 Å². The minimum absolute atomic E-state index is 0.00475. The number of alkyl halides is 2. The molecule has 152 valence electrons. The van der Waals surface area contributed by atoms with Gasteiger partial charge in [-0.25, -0.2) is 4.99 Å². The van der Waals surface area contributed by atoms with Gasteiger partial charge in [-0.1, -0.05) is 17.7 Å². The van der Waals surface area contributed by atoms with Crippen LogP contribution in [0.1, 0.15) is 10.4 Å². The third kappa shape index (κ3) is 7.32. The predicted octanol–water partition coefficient (Wildman–Crippen LogP) is 3.33. The van der Waals surface area contributed by atoms with Crippen LogP contribution in [0.3, 0.4) is 0 Å². The topological polar surface area (TPSA) is 66.0 Å². The fourth-order valence-corrected chi connectivity index (χ4v) is 2.96. The highest BCUT2D eigenvalue weighted by Gasteiger charge is 2.11. The second-order valence-corrected chi connectivity index (χ2v) is 7.34. The summed E-state index contributed by atoms with van der Waals surface area (Å²) in [6.45, 7) is -2.36. The van der Waals surface area contributed by atoms with Crippen molar-refractivity contribution >= 4 is 34.8 Å². The van der Waals surface area contributed by atoms with Gasteiger partial charge in [0, 0.05) is 29.6 Å². The largest absolute Gasteiger partial charge is 0.434 e. The van der Waals surface area contributed by atoms with Crippen LogP contribution in [0, 0.1) is 0 Å². The van der Waals surface area contributed by atoms with Crippen molar-refractivity contribution in [2.75, 3.05) is 20.6 Å². The lowest BCUT2D eigenvalue weighted by Crippen LogP contribution is -2.42. The minimum Gasteiger partial charge on any atom is -0.434 e. The van der Waals surface area contributed by atoms with Gasteiger partial charge in [0.2, 0.25) is 5.91 Å². The Hall–Kier alpha value is -2.39. The molecule has 2 rings (SSSR count). The van der Waals surface area contributed by atoms with E-state index in [1.165, 1.54) is 23.1 Å². The molecule has 28 heavy (non-hydrogen) atoms. The molecule has 0 aliphatic carbocycles. The van der Waals surface area contributed by atoms with E-state index in [4.69, 9.17) is 11.6 Å². The Morgan fingerprint density at radius 3 is 2.75 bits per heavy atom. The van der Waals surface area contributed by atoms with Gasteiger partial charge >= 0.3 is 6.61 Å². The molecule has 1 heterocycles. The van der Waals surface area contributed by atoms with Gasteiger partial charge in [0.1, 0.15) is 5.75 Å². The van der Waals surface area contributed by atoms with E-state index < -0.39 is 6.61 Å². The SMILES string of the molecule is CN(C)C(=O)CNC(=NCc1cc(Cl)ccc1OC(F)F)NCc1cccs1. The molecular weight excluding hydrogens is 410 g/mol. The molecule has 0 radical (unpaired) electrons. The zero-order chi connectivity index (χ0) is 20.5. The van der Waals surface area contributed by atoms with Crippen molar-refractivity contribution in [1.29, 1.82) is 0 Å². The zero-order valence-electron chi connectivity index (χ0n) is 15.4. The fourth-order valence-electron chi connectivity index (χ4n) is 2.12. The van der Waals surface area contributed by atoms with Crippen LogP contribution in [0.4, 0.5) is 8.78 Å². The fraction of sp³-hybridized carbons (Fsp3) is 0.333. The van der Waals surface area contributed by atoms with Crippen molar-refractivity contribution < 1.29 is 18.3 Å². The standard InChI is InChI=1S/C18H21ClF2N4O2S/c1-25(2)16(26)11-24-18(23-10-14-4-3-7-28-14)22-9-12-8-13(19)5-6-15(12)27-17(20)21/h3-8,17H,9-11H2,1-2H3,(H2,22,23,24). The first-order chi connectivity index (χ1) is 13.3. The Morgan fingerprint density at radius 2 is 2.11 bits per heavy atom. The lowest BCUT2D eigenvalue weighted by molar-refractivity contribution is -0.127. The van der Waals surface area contributed by atoms with Crippen LogP contribution < -0.4 is 15.4 Å². The summed E-state index contributed by atoms with van der Waals surface area (Å²) >= 11 is 7.54. The number of amides is 1. The number of aliphatic imine (C=N–C) groups is 1. The van der Waals surface area contributed by atoms with Gasteiger partial charge in [0.15, 0.2) is 5.96 Å². The third-order valence-electron chi connectivity index (χ3n) is 3.56. The summed E-state index contributed by atoms with van der Waals surface area (Å²) in [4.78, 5) is 18.8. The summed E-state index contributed by atoms with van der Waals surface area (Å²) in [5, 5.41) is 8.40. The van der Waals surface area contributed by atoms with Gasteiger partial charge in [0.05, 0.1) is 19.6 Å². The van der Waals surface area contributed by atoms with E-state index >= 15 is 0 Å². The van der Waals surface area contributed by atoms with Crippen LogP contribution in [0.25, 0.3) is 0 Å². The molecule has 10 heteroatoms. The Kier molecular flexibility index (Phi) is 8.46. The Morgan fingerprint density at radius 1 is 1.32 bits per heavy atom. The quantitative estimate of drug-likeness (QED) is 0.498. The molecule has 2 N–H and O–H groups in total. The van der Waals surface area contributed by atoms with Crippen LogP contribution in [0.5, 0.6) is 5.75 Å². The number of ether oxygens (including phenoxy) is 1. The van der Waals surface area contributed by atoms with E-state index in [9.17, 15) is 13.6 Å². The highest BCUT2D eigenvalue weighted by atomic mass is 35.5. The Bertz CT molecular complexity index is 801. The first-order valence-corrected chi connectivity index (χ1v) is 9.59. The maximum atomic E-state index is 12.6. The van der Waals surface area contributed by atoms with E-state index in [2.05, 4.69) is 20.4 Å². The molecule has 0 aliphatic rings. The molecule has 6 nitrogen and oxygen atoms in total. The number of hydrogen-bond acceptors (Lipinski definition) is 4. The highest BCUT2D eigenvalue weighted by molar-refractivity contribution is 7.09. The first kappa shape index (κ1) is 21.9. The number of carbonyl (C=O) groups excluding carboxylic acids is 1. The van der Waals surface area contributed by atoms with Gasteiger partial charge in [0.25, 0.3) is 0 Å². The molecule has 1 amide bonds. The first-order valence-electron chi connectivity index (χ1n) is 8.33. The van der Waals surface area contributed by atoms with Gasteiger partial charge in [-0.15, -0.1) is 11.3 Å². The lowest BCUT2D eigenvalue weighted by atomic mass is 10.2.